The summed E-state index contributed by atoms with van der Waals surface area (Å²) >= 11 is 0. The fraction of sp³-hybridized carbons (Fsp3) is 0. The number of pyridine rings is 1. The van der Waals surface area contributed by atoms with E-state index in [2.05, 4.69) is 22.1 Å². The molecule has 0 aliphatic carbocycles. The third-order valence-electron chi connectivity index (χ3n) is 3.04. The molecule has 0 aliphatic heterocycles. The van der Waals surface area contributed by atoms with E-state index in [4.69, 9.17) is 0 Å². The summed E-state index contributed by atoms with van der Waals surface area (Å²) in [6.07, 6.45) is 8.69. The van der Waals surface area contributed by atoms with Gasteiger partial charge in [0.1, 0.15) is 0 Å². The zero-order valence-electron chi connectivity index (χ0n) is 12.3. The van der Waals surface area contributed by atoms with Gasteiger partial charge in [0.15, 0.2) is 0 Å². The minimum atomic E-state index is 0. The molecule has 2 aromatic carbocycles. The Kier molecular flexibility index (Phi) is 6.62. The fourth-order valence-corrected chi connectivity index (χ4v) is 1.95. The molecule has 0 aliphatic rings. The van der Waals surface area contributed by atoms with Gasteiger partial charge in [-0.05, 0) is 17.4 Å². The van der Waals surface area contributed by atoms with Gasteiger partial charge in [-0.1, -0.05) is 30.5 Å². The average molecular weight is 389 g/mol. The third kappa shape index (κ3) is 5.11. The van der Waals surface area contributed by atoms with Crippen molar-refractivity contribution in [3.63, 3.8) is 0 Å². The molecule has 1 heterocycles. The van der Waals surface area contributed by atoms with E-state index < -0.39 is 0 Å². The Labute approximate surface area is 150 Å². The monoisotopic (exact) mass is 388 g/mol. The molecule has 23 heavy (non-hydrogen) atoms. The Balaban J connectivity index is 0.00000192. The first-order chi connectivity index (χ1) is 10.9. The second-order valence-electron chi connectivity index (χ2n) is 4.64. The van der Waals surface area contributed by atoms with Gasteiger partial charge in [-0.2, -0.15) is 0 Å². The van der Waals surface area contributed by atoms with Crippen LogP contribution in [0.1, 0.15) is 16.8 Å². The third-order valence-corrected chi connectivity index (χ3v) is 3.04. The standard InChI is InChI=1S/C20H14N2.Pd/c1-2-8-17(9-3-1)16-22-20-12-5-4-10-18(20)13-14-19-11-6-7-15-21-19;/h1-8,10-12,14-16H;/q-2;+2. The second kappa shape index (κ2) is 8.95. The summed E-state index contributed by atoms with van der Waals surface area (Å²) in [6.45, 7) is 0. The molecule has 3 heteroatoms. The molecular formula is C20H14N2Pd. The van der Waals surface area contributed by atoms with Gasteiger partial charge >= 0.3 is 20.4 Å². The van der Waals surface area contributed by atoms with E-state index in [0.717, 1.165) is 22.5 Å². The summed E-state index contributed by atoms with van der Waals surface area (Å²) in [7, 11) is 0. The molecule has 0 spiro atoms. The largest absolute Gasteiger partial charge is 2.00 e. The van der Waals surface area contributed by atoms with E-state index >= 15 is 0 Å². The maximum Gasteiger partial charge on any atom is 2.00 e. The zero-order valence-corrected chi connectivity index (χ0v) is 13.8. The van der Waals surface area contributed by atoms with E-state index in [-0.39, 0.29) is 20.4 Å². The van der Waals surface area contributed by atoms with Crippen LogP contribution in [-0.4, -0.2) is 11.2 Å². The number of para-hydroxylation sites is 1. The van der Waals surface area contributed by atoms with Gasteiger partial charge in [0, 0.05) is 6.20 Å². The number of nitrogens with zero attached hydrogens (tertiary/aromatic N) is 2. The van der Waals surface area contributed by atoms with Crippen molar-refractivity contribution in [2.75, 3.05) is 0 Å². The summed E-state index contributed by atoms with van der Waals surface area (Å²) < 4.78 is 0. The van der Waals surface area contributed by atoms with Crippen LogP contribution in [-0.2, 0) is 20.4 Å². The van der Waals surface area contributed by atoms with Crippen molar-refractivity contribution >= 4 is 18.0 Å². The van der Waals surface area contributed by atoms with Gasteiger partial charge < -0.3 is 9.98 Å². The molecular weight excluding hydrogens is 375 g/mol. The quantitative estimate of drug-likeness (QED) is 0.367. The topological polar surface area (TPSA) is 25.2 Å². The molecule has 0 fully saturated rings. The summed E-state index contributed by atoms with van der Waals surface area (Å²) in [5.74, 6) is 0. The molecule has 0 unspecified atom stereocenters. The zero-order chi connectivity index (χ0) is 15.0. The Bertz CT molecular complexity index is 713. The summed E-state index contributed by atoms with van der Waals surface area (Å²) in [5, 5.41) is 0. The van der Waals surface area contributed by atoms with Crippen molar-refractivity contribution in [1.82, 2.24) is 4.98 Å². The SMILES string of the molecule is [C-](=Cc1ccccn1)c1ccccc1N=Cc1[c-]cccc1.[Pd+2]. The summed E-state index contributed by atoms with van der Waals surface area (Å²) in [4.78, 5) is 8.79. The first-order valence-electron chi connectivity index (χ1n) is 7.02. The fourth-order valence-electron chi connectivity index (χ4n) is 1.95. The van der Waals surface area contributed by atoms with Gasteiger partial charge in [0.25, 0.3) is 0 Å². The Morgan fingerprint density at radius 2 is 1.78 bits per heavy atom. The number of hydrogen-bond donors (Lipinski definition) is 0. The van der Waals surface area contributed by atoms with Crippen LogP contribution in [0.5, 0.6) is 0 Å². The number of rotatable bonds is 4. The van der Waals surface area contributed by atoms with E-state index in [1.54, 1.807) is 12.4 Å². The molecule has 3 rings (SSSR count). The first kappa shape index (κ1) is 17.0. The van der Waals surface area contributed by atoms with Gasteiger partial charge in [0.05, 0.1) is 0 Å². The van der Waals surface area contributed by atoms with Crippen LogP contribution in [0.15, 0.2) is 77.9 Å². The van der Waals surface area contributed by atoms with Gasteiger partial charge in [-0.3, -0.25) is 0 Å². The van der Waals surface area contributed by atoms with Crippen LogP contribution in [0.25, 0.3) is 6.08 Å². The molecule has 0 N–H and O–H groups in total. The van der Waals surface area contributed by atoms with Crippen LogP contribution in [0.2, 0.25) is 0 Å². The average Bonchev–Trinajstić information content (AvgIpc) is 2.61. The summed E-state index contributed by atoms with van der Waals surface area (Å²) in [5.41, 5.74) is 3.62. The van der Waals surface area contributed by atoms with E-state index in [9.17, 15) is 0 Å². The van der Waals surface area contributed by atoms with Crippen LogP contribution < -0.4 is 0 Å². The molecule has 0 radical (unpaired) electrons. The van der Waals surface area contributed by atoms with Crippen molar-refractivity contribution in [3.8, 4) is 0 Å². The van der Waals surface area contributed by atoms with E-state index in [0.29, 0.717) is 0 Å². The minimum absolute atomic E-state index is 0. The van der Waals surface area contributed by atoms with Gasteiger partial charge in [-0.25, -0.2) is 0 Å². The predicted octanol–water partition coefficient (Wildman–Crippen LogP) is 4.49. The van der Waals surface area contributed by atoms with E-state index in [1.165, 1.54) is 0 Å². The van der Waals surface area contributed by atoms with Crippen LogP contribution in [0, 0.1) is 12.1 Å². The Morgan fingerprint density at radius 1 is 0.957 bits per heavy atom. The molecule has 1 aromatic heterocycles. The van der Waals surface area contributed by atoms with Crippen molar-refractivity contribution in [2.45, 2.75) is 0 Å². The number of aromatic nitrogens is 1. The van der Waals surface area contributed by atoms with Crippen LogP contribution in [0.4, 0.5) is 5.69 Å². The molecule has 0 bridgehead atoms. The number of aliphatic imine (C=N–C) groups is 1. The van der Waals surface area contributed by atoms with Crippen LogP contribution >= 0.6 is 0 Å². The predicted molar refractivity (Wildman–Crippen MR) is 90.0 cm³/mol. The first-order valence-corrected chi connectivity index (χ1v) is 7.02. The van der Waals surface area contributed by atoms with E-state index in [1.807, 2.05) is 72.8 Å². The second-order valence-corrected chi connectivity index (χ2v) is 4.64. The number of hydrogen-bond acceptors (Lipinski definition) is 2. The van der Waals surface area contributed by atoms with Gasteiger partial charge in [0.2, 0.25) is 0 Å². The van der Waals surface area contributed by atoms with Crippen molar-refractivity contribution in [1.29, 1.82) is 0 Å². The van der Waals surface area contributed by atoms with Crippen molar-refractivity contribution < 1.29 is 20.4 Å². The Hall–Kier alpha value is -2.34. The molecule has 0 saturated heterocycles. The molecule has 0 saturated carbocycles. The minimum Gasteiger partial charge on any atom is -0.353 e. The molecule has 3 aromatic rings. The molecule has 0 amide bonds. The maximum atomic E-state index is 4.53. The molecule has 0 atom stereocenters. The normalized spacial score (nSPS) is 10.8. The van der Waals surface area contributed by atoms with Crippen molar-refractivity contribution in [3.05, 3.63) is 102 Å². The summed E-state index contributed by atoms with van der Waals surface area (Å²) in [6, 6.07) is 24.6. The maximum absolute atomic E-state index is 4.53. The van der Waals surface area contributed by atoms with Crippen LogP contribution in [0.3, 0.4) is 0 Å². The molecule has 2 nitrogen and oxygen atoms in total. The number of benzene rings is 2. The van der Waals surface area contributed by atoms with Gasteiger partial charge in [-0.15, -0.1) is 65.7 Å². The van der Waals surface area contributed by atoms with Crippen molar-refractivity contribution in [2.24, 2.45) is 4.99 Å². The Morgan fingerprint density at radius 3 is 2.57 bits per heavy atom. The smallest absolute Gasteiger partial charge is 0.353 e. The molecule has 114 valence electrons.